The van der Waals surface area contributed by atoms with Crippen LogP contribution in [0, 0.1) is 11.3 Å². The molecule has 0 atom stereocenters. The van der Waals surface area contributed by atoms with E-state index in [1.165, 1.54) is 17.6 Å². The molecular formula is C11H21N5. The Morgan fingerprint density at radius 1 is 1.44 bits per heavy atom. The van der Waals surface area contributed by atoms with Gasteiger partial charge in [-0.3, -0.25) is 0 Å². The number of tetrazole rings is 1. The van der Waals surface area contributed by atoms with E-state index < -0.39 is 0 Å². The molecule has 0 aliphatic heterocycles. The zero-order valence-corrected chi connectivity index (χ0v) is 10.4. The Morgan fingerprint density at radius 3 is 2.69 bits per heavy atom. The molecule has 0 bridgehead atoms. The quantitative estimate of drug-likeness (QED) is 0.774. The van der Waals surface area contributed by atoms with Crippen LogP contribution in [0.3, 0.4) is 0 Å². The zero-order valence-electron chi connectivity index (χ0n) is 10.4. The third-order valence-electron chi connectivity index (χ3n) is 3.09. The second-order valence-electron chi connectivity index (χ2n) is 5.40. The molecule has 90 valence electrons. The van der Waals surface area contributed by atoms with E-state index in [1.54, 1.807) is 0 Å². The number of rotatable bonds is 6. The van der Waals surface area contributed by atoms with Gasteiger partial charge < -0.3 is 5.32 Å². The summed E-state index contributed by atoms with van der Waals surface area (Å²) in [5.74, 6) is 1.59. The summed E-state index contributed by atoms with van der Waals surface area (Å²) in [6, 6.07) is 0. The lowest BCUT2D eigenvalue weighted by atomic mass is 10.0. The minimum absolute atomic E-state index is 0.415. The number of hydrogen-bond acceptors (Lipinski definition) is 4. The summed E-state index contributed by atoms with van der Waals surface area (Å²) in [5, 5.41) is 15.7. The van der Waals surface area contributed by atoms with E-state index in [9.17, 15) is 0 Å². The minimum atomic E-state index is 0.415. The standard InChI is InChI=1S/C11H21N5/c1-9(2)7-12-8-11(4-5-11)6-10-13-15-16(3)14-10/h9,12H,4-8H2,1-3H3. The van der Waals surface area contributed by atoms with E-state index in [4.69, 9.17) is 0 Å². The van der Waals surface area contributed by atoms with E-state index in [-0.39, 0.29) is 0 Å². The SMILES string of the molecule is CC(C)CNCC1(Cc2nnn(C)n2)CC1. The maximum absolute atomic E-state index is 4.25. The van der Waals surface area contributed by atoms with Gasteiger partial charge in [0.25, 0.3) is 0 Å². The van der Waals surface area contributed by atoms with Crippen molar-refractivity contribution in [1.29, 1.82) is 0 Å². The lowest BCUT2D eigenvalue weighted by molar-refractivity contribution is 0.424. The van der Waals surface area contributed by atoms with E-state index >= 15 is 0 Å². The van der Waals surface area contributed by atoms with Gasteiger partial charge in [0, 0.05) is 13.0 Å². The van der Waals surface area contributed by atoms with Crippen molar-refractivity contribution in [3.63, 3.8) is 0 Å². The van der Waals surface area contributed by atoms with Crippen molar-refractivity contribution in [3.05, 3.63) is 5.82 Å². The molecule has 1 saturated carbocycles. The van der Waals surface area contributed by atoms with Gasteiger partial charge in [0.1, 0.15) is 0 Å². The van der Waals surface area contributed by atoms with Crippen LogP contribution >= 0.6 is 0 Å². The lowest BCUT2D eigenvalue weighted by Crippen LogP contribution is -2.28. The van der Waals surface area contributed by atoms with Gasteiger partial charge in [-0.05, 0) is 35.9 Å². The molecule has 0 saturated heterocycles. The summed E-state index contributed by atoms with van der Waals surface area (Å²) in [5.41, 5.74) is 0.415. The first kappa shape index (κ1) is 11.5. The van der Waals surface area contributed by atoms with Gasteiger partial charge in [-0.1, -0.05) is 13.8 Å². The monoisotopic (exact) mass is 223 g/mol. The fraction of sp³-hybridized carbons (Fsp3) is 0.909. The summed E-state index contributed by atoms with van der Waals surface area (Å²) in [6.07, 6.45) is 3.54. The third kappa shape index (κ3) is 3.01. The minimum Gasteiger partial charge on any atom is -0.316 e. The van der Waals surface area contributed by atoms with Gasteiger partial charge in [-0.25, -0.2) is 0 Å². The Balaban J connectivity index is 1.80. The fourth-order valence-electron chi connectivity index (χ4n) is 1.95. The molecule has 2 rings (SSSR count). The van der Waals surface area contributed by atoms with Crippen molar-refractivity contribution in [1.82, 2.24) is 25.5 Å². The number of aryl methyl sites for hydroxylation is 1. The molecule has 1 aliphatic carbocycles. The van der Waals surface area contributed by atoms with E-state index in [0.29, 0.717) is 11.3 Å². The highest BCUT2D eigenvalue weighted by atomic mass is 15.6. The number of aromatic nitrogens is 4. The Labute approximate surface area is 96.6 Å². The molecule has 1 aromatic rings. The predicted molar refractivity (Wildman–Crippen MR) is 61.9 cm³/mol. The number of nitrogens with zero attached hydrogens (tertiary/aromatic N) is 4. The molecular weight excluding hydrogens is 202 g/mol. The summed E-state index contributed by atoms with van der Waals surface area (Å²) < 4.78 is 0. The first-order valence-corrected chi connectivity index (χ1v) is 6.03. The summed E-state index contributed by atoms with van der Waals surface area (Å²) in [4.78, 5) is 1.53. The number of hydrogen-bond donors (Lipinski definition) is 1. The maximum Gasteiger partial charge on any atom is 0.175 e. The topological polar surface area (TPSA) is 55.6 Å². The molecule has 1 aliphatic rings. The summed E-state index contributed by atoms with van der Waals surface area (Å²) >= 11 is 0. The average molecular weight is 223 g/mol. The molecule has 0 radical (unpaired) electrons. The maximum atomic E-state index is 4.25. The van der Waals surface area contributed by atoms with Crippen molar-refractivity contribution in [2.24, 2.45) is 18.4 Å². The highest BCUT2D eigenvalue weighted by molar-refractivity contribution is 5.01. The molecule has 0 unspecified atom stereocenters. The lowest BCUT2D eigenvalue weighted by Gasteiger charge is -2.15. The van der Waals surface area contributed by atoms with Crippen molar-refractivity contribution < 1.29 is 0 Å². The van der Waals surface area contributed by atoms with E-state index in [2.05, 4.69) is 34.6 Å². The van der Waals surface area contributed by atoms with Crippen LogP contribution in [0.4, 0.5) is 0 Å². The summed E-state index contributed by atoms with van der Waals surface area (Å²) in [7, 11) is 1.81. The van der Waals surface area contributed by atoms with Gasteiger partial charge >= 0.3 is 0 Å². The van der Waals surface area contributed by atoms with Crippen LogP contribution in [0.2, 0.25) is 0 Å². The van der Waals surface area contributed by atoms with Gasteiger partial charge in [0.2, 0.25) is 0 Å². The molecule has 1 heterocycles. The molecule has 0 aromatic carbocycles. The zero-order chi connectivity index (χ0) is 11.6. The molecule has 1 N–H and O–H groups in total. The van der Waals surface area contributed by atoms with Crippen LogP contribution in [0.15, 0.2) is 0 Å². The molecule has 0 spiro atoms. The van der Waals surface area contributed by atoms with Crippen molar-refractivity contribution in [2.45, 2.75) is 33.1 Å². The highest BCUT2D eigenvalue weighted by Gasteiger charge is 2.43. The normalized spacial score (nSPS) is 18.0. The van der Waals surface area contributed by atoms with Crippen molar-refractivity contribution in [2.75, 3.05) is 13.1 Å². The predicted octanol–water partition coefficient (Wildman–Crippen LogP) is 0.778. The van der Waals surface area contributed by atoms with Crippen LogP contribution in [0.1, 0.15) is 32.5 Å². The van der Waals surface area contributed by atoms with Crippen molar-refractivity contribution in [3.8, 4) is 0 Å². The average Bonchev–Trinajstić information content (AvgIpc) is 2.82. The van der Waals surface area contributed by atoms with Crippen LogP contribution in [-0.4, -0.2) is 33.3 Å². The smallest absolute Gasteiger partial charge is 0.175 e. The van der Waals surface area contributed by atoms with Crippen molar-refractivity contribution >= 4 is 0 Å². The molecule has 5 nitrogen and oxygen atoms in total. The summed E-state index contributed by atoms with van der Waals surface area (Å²) in [6.45, 7) is 6.65. The van der Waals surface area contributed by atoms with Crippen LogP contribution in [-0.2, 0) is 13.5 Å². The Hall–Kier alpha value is -0.970. The first-order valence-electron chi connectivity index (χ1n) is 6.03. The van der Waals surface area contributed by atoms with E-state index in [1.807, 2.05) is 7.05 Å². The molecule has 0 amide bonds. The van der Waals surface area contributed by atoms with Crippen LogP contribution < -0.4 is 5.32 Å². The van der Waals surface area contributed by atoms with Crippen LogP contribution in [0.25, 0.3) is 0 Å². The molecule has 1 aromatic heterocycles. The second kappa shape index (κ2) is 4.49. The van der Waals surface area contributed by atoms with Gasteiger partial charge in [-0.2, -0.15) is 4.80 Å². The molecule has 16 heavy (non-hydrogen) atoms. The molecule has 5 heteroatoms. The van der Waals surface area contributed by atoms with Gasteiger partial charge in [-0.15, -0.1) is 10.2 Å². The van der Waals surface area contributed by atoms with Gasteiger partial charge in [0.05, 0.1) is 7.05 Å². The van der Waals surface area contributed by atoms with Crippen LogP contribution in [0.5, 0.6) is 0 Å². The van der Waals surface area contributed by atoms with E-state index in [0.717, 1.165) is 25.3 Å². The van der Waals surface area contributed by atoms with Gasteiger partial charge in [0.15, 0.2) is 5.82 Å². The first-order chi connectivity index (χ1) is 7.60. The Kier molecular flexibility index (Phi) is 3.23. The fourth-order valence-corrected chi connectivity index (χ4v) is 1.95. The molecule has 1 fully saturated rings. The second-order valence-corrected chi connectivity index (χ2v) is 5.40. The Bertz CT molecular complexity index is 340. The largest absolute Gasteiger partial charge is 0.316 e. The Morgan fingerprint density at radius 2 is 2.19 bits per heavy atom. The highest BCUT2D eigenvalue weighted by Crippen LogP contribution is 2.47. The third-order valence-corrected chi connectivity index (χ3v) is 3.09. The number of nitrogens with one attached hydrogen (secondary N) is 1.